The number of alkyl halides is 3. The minimum absolute atomic E-state index is 0.600. The molecule has 0 aliphatic carbocycles. The highest BCUT2D eigenvalue weighted by Gasteiger charge is 2.31. The Balaban J connectivity index is 2.10. The summed E-state index contributed by atoms with van der Waals surface area (Å²) in [5.41, 5.74) is 1.92. The minimum atomic E-state index is -4.35. The molecule has 0 bridgehead atoms. The lowest BCUT2D eigenvalue weighted by atomic mass is 10.1. The average Bonchev–Trinajstić information content (AvgIpc) is 2.89. The van der Waals surface area contributed by atoms with Gasteiger partial charge in [-0.3, -0.25) is 0 Å². The zero-order chi connectivity index (χ0) is 16.9. The Bertz CT molecular complexity index is 1050. The summed E-state index contributed by atoms with van der Waals surface area (Å²) in [5.74, 6) is 0. The van der Waals surface area contributed by atoms with Crippen LogP contribution in [0.15, 0.2) is 71.2 Å². The quantitative estimate of drug-likeness (QED) is 0.347. The van der Waals surface area contributed by atoms with E-state index in [-0.39, 0.29) is 0 Å². The van der Waals surface area contributed by atoms with Gasteiger partial charge in [0.2, 0.25) is 0 Å². The van der Waals surface area contributed by atoms with E-state index in [1.807, 2.05) is 53.1 Å². The fraction of sp³-hybridized carbons (Fsp3) is 0.0526. The van der Waals surface area contributed by atoms with Crippen molar-refractivity contribution < 1.29 is 13.2 Å². The van der Waals surface area contributed by atoms with Crippen LogP contribution in [0.4, 0.5) is 13.2 Å². The van der Waals surface area contributed by atoms with Crippen LogP contribution in [-0.2, 0) is 6.18 Å². The summed E-state index contributed by atoms with van der Waals surface area (Å²) in [5, 5.41) is 1.41. The van der Waals surface area contributed by atoms with Crippen molar-refractivity contribution in [2.75, 3.05) is 0 Å². The van der Waals surface area contributed by atoms with Crippen LogP contribution in [0.3, 0.4) is 0 Å². The molecule has 0 saturated heterocycles. The molecule has 0 unspecified atom stereocenters. The van der Waals surface area contributed by atoms with Gasteiger partial charge in [-0.2, -0.15) is 13.2 Å². The molecule has 1 heterocycles. The van der Waals surface area contributed by atoms with Crippen molar-refractivity contribution >= 4 is 37.7 Å². The van der Waals surface area contributed by atoms with Gasteiger partial charge in [0.05, 0.1) is 16.6 Å². The molecule has 3 aromatic carbocycles. The van der Waals surface area contributed by atoms with Gasteiger partial charge in [-0.1, -0.05) is 34.1 Å². The van der Waals surface area contributed by atoms with Gasteiger partial charge in [0, 0.05) is 20.9 Å². The van der Waals surface area contributed by atoms with Crippen LogP contribution in [0.25, 0.3) is 27.5 Å². The molecule has 1 aromatic heterocycles. The number of fused-ring (bicyclic) bond motifs is 3. The van der Waals surface area contributed by atoms with Gasteiger partial charge in [-0.05, 0) is 48.5 Å². The number of nitrogens with zero attached hydrogens (tertiary/aromatic N) is 1. The average molecular weight is 390 g/mol. The number of benzene rings is 3. The van der Waals surface area contributed by atoms with Crippen molar-refractivity contribution in [1.82, 2.24) is 4.57 Å². The molecule has 5 heteroatoms. The van der Waals surface area contributed by atoms with Crippen molar-refractivity contribution in [1.29, 1.82) is 0 Å². The molecule has 24 heavy (non-hydrogen) atoms. The highest BCUT2D eigenvalue weighted by Crippen LogP contribution is 2.37. The highest BCUT2D eigenvalue weighted by atomic mass is 79.9. The van der Waals surface area contributed by atoms with Crippen molar-refractivity contribution in [3.05, 3.63) is 76.8 Å². The molecule has 120 valence electrons. The zero-order valence-corrected chi connectivity index (χ0v) is 13.9. The first-order chi connectivity index (χ1) is 11.4. The molecule has 0 aliphatic rings. The molecule has 0 saturated carbocycles. The molecule has 0 radical (unpaired) electrons. The standard InChI is InChI=1S/C19H11BrF3N/c20-13-6-8-14(9-7-13)24-17-4-2-1-3-15(17)16-11-12(19(21,22)23)5-10-18(16)24/h1-11H. The summed E-state index contributed by atoms with van der Waals surface area (Å²) in [6, 6.07) is 19.1. The molecule has 4 aromatic rings. The monoisotopic (exact) mass is 389 g/mol. The summed E-state index contributed by atoms with van der Waals surface area (Å²) in [7, 11) is 0. The summed E-state index contributed by atoms with van der Waals surface area (Å²) in [6.45, 7) is 0. The van der Waals surface area contributed by atoms with E-state index < -0.39 is 11.7 Å². The van der Waals surface area contributed by atoms with Gasteiger partial charge in [-0.15, -0.1) is 0 Å². The second kappa shape index (κ2) is 5.38. The lowest BCUT2D eigenvalue weighted by Crippen LogP contribution is -2.04. The minimum Gasteiger partial charge on any atom is -0.309 e. The van der Waals surface area contributed by atoms with Crippen LogP contribution in [-0.4, -0.2) is 4.57 Å². The predicted molar refractivity (Wildman–Crippen MR) is 93.5 cm³/mol. The summed E-state index contributed by atoms with van der Waals surface area (Å²) in [6.07, 6.45) is -4.35. The highest BCUT2D eigenvalue weighted by molar-refractivity contribution is 9.10. The third-order valence-corrected chi connectivity index (χ3v) is 4.61. The van der Waals surface area contributed by atoms with E-state index in [2.05, 4.69) is 15.9 Å². The first kappa shape index (κ1) is 15.3. The Labute approximate surface area is 144 Å². The molecule has 0 amide bonds. The van der Waals surface area contributed by atoms with Gasteiger partial charge in [0.25, 0.3) is 0 Å². The Morgan fingerprint density at radius 1 is 0.750 bits per heavy atom. The molecule has 4 rings (SSSR count). The summed E-state index contributed by atoms with van der Waals surface area (Å²) in [4.78, 5) is 0. The molecule has 0 aliphatic heterocycles. The predicted octanol–water partition coefficient (Wildman–Crippen LogP) is 6.57. The van der Waals surface area contributed by atoms with Crippen LogP contribution in [0.1, 0.15) is 5.56 Å². The van der Waals surface area contributed by atoms with Crippen molar-refractivity contribution in [2.24, 2.45) is 0 Å². The van der Waals surface area contributed by atoms with Crippen LogP contribution >= 0.6 is 15.9 Å². The SMILES string of the molecule is FC(F)(F)c1ccc2c(c1)c1ccccc1n2-c1ccc(Br)cc1. The van der Waals surface area contributed by atoms with E-state index in [1.165, 1.54) is 6.07 Å². The first-order valence-electron chi connectivity index (χ1n) is 7.31. The van der Waals surface area contributed by atoms with Crippen LogP contribution in [0.2, 0.25) is 0 Å². The number of rotatable bonds is 1. The lowest BCUT2D eigenvalue weighted by Gasteiger charge is -2.09. The molecule has 0 atom stereocenters. The second-order valence-corrected chi connectivity index (χ2v) is 6.47. The first-order valence-corrected chi connectivity index (χ1v) is 8.11. The smallest absolute Gasteiger partial charge is 0.309 e. The van der Waals surface area contributed by atoms with E-state index in [1.54, 1.807) is 6.07 Å². The molecular weight excluding hydrogens is 379 g/mol. The Morgan fingerprint density at radius 3 is 2.12 bits per heavy atom. The van der Waals surface area contributed by atoms with Crippen molar-refractivity contribution in [3.63, 3.8) is 0 Å². The third kappa shape index (κ3) is 2.40. The van der Waals surface area contributed by atoms with Gasteiger partial charge < -0.3 is 4.57 Å². The maximum atomic E-state index is 13.1. The maximum Gasteiger partial charge on any atom is 0.416 e. The molecule has 0 spiro atoms. The number of hydrogen-bond acceptors (Lipinski definition) is 0. The zero-order valence-electron chi connectivity index (χ0n) is 12.3. The van der Waals surface area contributed by atoms with E-state index in [9.17, 15) is 13.2 Å². The lowest BCUT2D eigenvalue weighted by molar-refractivity contribution is -0.137. The van der Waals surface area contributed by atoms with E-state index >= 15 is 0 Å². The van der Waals surface area contributed by atoms with Crippen LogP contribution in [0.5, 0.6) is 0 Å². The third-order valence-electron chi connectivity index (χ3n) is 4.08. The normalized spacial score (nSPS) is 12.2. The van der Waals surface area contributed by atoms with Crippen molar-refractivity contribution in [2.45, 2.75) is 6.18 Å². The Hall–Kier alpha value is -2.27. The van der Waals surface area contributed by atoms with Gasteiger partial charge in [-0.25, -0.2) is 0 Å². The largest absolute Gasteiger partial charge is 0.416 e. The van der Waals surface area contributed by atoms with E-state index in [0.29, 0.717) is 5.39 Å². The topological polar surface area (TPSA) is 4.93 Å². The fourth-order valence-corrected chi connectivity index (χ4v) is 3.28. The fourth-order valence-electron chi connectivity index (χ4n) is 3.02. The van der Waals surface area contributed by atoms with E-state index in [4.69, 9.17) is 0 Å². The van der Waals surface area contributed by atoms with Crippen LogP contribution < -0.4 is 0 Å². The van der Waals surface area contributed by atoms with Gasteiger partial charge >= 0.3 is 6.18 Å². The summed E-state index contributed by atoms with van der Waals surface area (Å²) < 4.78 is 42.2. The van der Waals surface area contributed by atoms with Gasteiger partial charge in [0.15, 0.2) is 0 Å². The molecule has 0 fully saturated rings. The number of halogens is 4. The summed E-state index contributed by atoms with van der Waals surface area (Å²) >= 11 is 3.41. The molecule has 0 N–H and O–H groups in total. The molecule has 1 nitrogen and oxygen atoms in total. The molecular formula is C19H11BrF3N. The number of para-hydroxylation sites is 1. The van der Waals surface area contributed by atoms with Gasteiger partial charge in [0.1, 0.15) is 0 Å². The number of aromatic nitrogens is 1. The van der Waals surface area contributed by atoms with E-state index in [0.717, 1.165) is 32.6 Å². The Morgan fingerprint density at radius 2 is 1.42 bits per heavy atom. The second-order valence-electron chi connectivity index (χ2n) is 5.56. The maximum absolute atomic E-state index is 13.1. The Kier molecular flexibility index (Phi) is 3.42. The van der Waals surface area contributed by atoms with Crippen LogP contribution in [0, 0.1) is 0 Å². The van der Waals surface area contributed by atoms with Crippen molar-refractivity contribution in [3.8, 4) is 5.69 Å². The number of hydrogen-bond donors (Lipinski definition) is 0.